The van der Waals surface area contributed by atoms with Gasteiger partial charge < -0.3 is 23.8 Å². The van der Waals surface area contributed by atoms with Gasteiger partial charge in [0.2, 0.25) is 0 Å². The molecule has 1 unspecified atom stereocenters. The predicted octanol–water partition coefficient (Wildman–Crippen LogP) is 7.49. The van der Waals surface area contributed by atoms with E-state index in [-0.39, 0.29) is 45.7 Å². The van der Waals surface area contributed by atoms with Crippen LogP contribution in [0.1, 0.15) is 76.9 Å². The number of amides is 1. The van der Waals surface area contributed by atoms with Crippen LogP contribution in [-0.2, 0) is 24.4 Å². The molecule has 1 heterocycles. The van der Waals surface area contributed by atoms with E-state index < -0.39 is 49.6 Å². The molecule has 9 nitrogen and oxygen atoms in total. The van der Waals surface area contributed by atoms with Gasteiger partial charge in [0.15, 0.2) is 0 Å². The smallest absolute Gasteiger partial charge is 0.339 e. The second-order valence-electron chi connectivity index (χ2n) is 13.3. The maximum atomic E-state index is 15.5. The average Bonchev–Trinajstić information content (AvgIpc) is 3.77. The quantitative estimate of drug-likeness (QED) is 0.124. The molecule has 2 N–H and O–H groups in total. The molecule has 1 aliphatic carbocycles. The van der Waals surface area contributed by atoms with Gasteiger partial charge in [0, 0.05) is 54.0 Å². The first-order valence-corrected chi connectivity index (χ1v) is 19.1. The number of hydrogen-bond acceptors (Lipinski definition) is 6. The van der Waals surface area contributed by atoms with Gasteiger partial charge in [-0.3, -0.25) is 9.00 Å². The fourth-order valence-electron chi connectivity index (χ4n) is 5.21. The third kappa shape index (κ3) is 7.18. The van der Waals surface area contributed by atoms with Crippen molar-refractivity contribution in [2.45, 2.75) is 70.8 Å². The van der Waals surface area contributed by atoms with Crippen molar-refractivity contribution in [1.82, 2.24) is 9.62 Å². The molecule has 1 fully saturated rings. The lowest BCUT2D eigenvalue weighted by Crippen LogP contribution is -2.44. The van der Waals surface area contributed by atoms with Crippen LogP contribution in [0.2, 0.25) is 18.1 Å². The molecule has 0 radical (unpaired) electrons. The predicted molar refractivity (Wildman–Crippen MR) is 176 cm³/mol. The number of nitrogens with zero attached hydrogens (tertiary/aromatic N) is 1. The summed E-state index contributed by atoms with van der Waals surface area (Å²) < 4.78 is 67.5. The molecule has 1 aliphatic rings. The molecule has 1 amide bonds. The van der Waals surface area contributed by atoms with Crippen molar-refractivity contribution < 1.29 is 41.1 Å². The number of carbonyl (C=O) groups excluding carboxylic acids is 1. The fraction of sp³-hybridized carbons (Fsp3) is 0.353. The van der Waals surface area contributed by atoms with Crippen LogP contribution in [0.4, 0.5) is 8.78 Å². The zero-order valence-electron chi connectivity index (χ0n) is 27.0. The number of aromatic carboxylic acids is 1. The Balaban J connectivity index is 1.54. The molecule has 0 aliphatic heterocycles. The van der Waals surface area contributed by atoms with E-state index in [1.165, 1.54) is 31.3 Å². The Hall–Kier alpha value is -3.91. The summed E-state index contributed by atoms with van der Waals surface area (Å²) >= 11 is -2.82. The highest BCUT2D eigenvalue weighted by Gasteiger charge is 2.40. The molecule has 0 spiro atoms. The Labute approximate surface area is 275 Å². The number of carbonyl (C=O) groups is 2. The molecule has 4 aromatic rings. The third-order valence-corrected chi connectivity index (χ3v) is 14.0. The molecular weight excluding hydrogens is 647 g/mol. The van der Waals surface area contributed by atoms with E-state index in [1.807, 2.05) is 39.9 Å². The molecular formula is C34H37F2N2O7SSi-. The van der Waals surface area contributed by atoms with Crippen molar-refractivity contribution in [2.24, 2.45) is 0 Å². The van der Waals surface area contributed by atoms with Gasteiger partial charge in [-0.2, -0.15) is 0 Å². The number of benzene rings is 3. The van der Waals surface area contributed by atoms with E-state index in [9.17, 15) is 27.8 Å². The summed E-state index contributed by atoms with van der Waals surface area (Å²) in [6.07, 6.45) is 1.73. The first-order chi connectivity index (χ1) is 22.0. The number of furan rings is 1. The number of rotatable bonds is 11. The van der Waals surface area contributed by atoms with Crippen LogP contribution in [0.15, 0.2) is 52.9 Å². The molecule has 1 atom stereocenters. The van der Waals surface area contributed by atoms with Crippen LogP contribution in [0, 0.1) is 11.6 Å². The van der Waals surface area contributed by atoms with E-state index in [0.717, 1.165) is 34.8 Å². The summed E-state index contributed by atoms with van der Waals surface area (Å²) in [5, 5.41) is 12.8. The Morgan fingerprint density at radius 1 is 1.09 bits per heavy atom. The van der Waals surface area contributed by atoms with Crippen molar-refractivity contribution in [2.75, 3.05) is 7.05 Å². The molecule has 3 aromatic carbocycles. The molecule has 0 bridgehead atoms. The van der Waals surface area contributed by atoms with Crippen LogP contribution in [0.25, 0.3) is 22.3 Å². The molecule has 250 valence electrons. The summed E-state index contributed by atoms with van der Waals surface area (Å²) in [7, 11) is -1.03. The van der Waals surface area contributed by atoms with E-state index in [2.05, 4.69) is 5.32 Å². The monoisotopic (exact) mass is 683 g/mol. The molecule has 1 aromatic heterocycles. The van der Waals surface area contributed by atoms with Gasteiger partial charge in [-0.1, -0.05) is 20.8 Å². The Morgan fingerprint density at radius 3 is 2.28 bits per heavy atom. The van der Waals surface area contributed by atoms with Gasteiger partial charge in [-0.25, -0.2) is 17.9 Å². The van der Waals surface area contributed by atoms with Crippen LogP contribution in [-0.4, -0.2) is 45.4 Å². The van der Waals surface area contributed by atoms with Crippen LogP contribution < -0.4 is 9.74 Å². The molecule has 47 heavy (non-hydrogen) atoms. The minimum absolute atomic E-state index is 0.0942. The second kappa shape index (κ2) is 12.9. The van der Waals surface area contributed by atoms with E-state index in [0.29, 0.717) is 22.1 Å². The third-order valence-electron chi connectivity index (χ3n) is 8.98. The largest absolute Gasteiger partial charge is 0.760 e. The molecule has 1 saturated carbocycles. The van der Waals surface area contributed by atoms with Crippen molar-refractivity contribution >= 4 is 42.4 Å². The number of carboxylic acid groups (broad SMARTS) is 1. The van der Waals surface area contributed by atoms with Crippen molar-refractivity contribution in [3.05, 3.63) is 88.0 Å². The summed E-state index contributed by atoms with van der Waals surface area (Å²) in [6.45, 7) is 9.16. The maximum Gasteiger partial charge on any atom is 0.339 e. The zero-order valence-corrected chi connectivity index (χ0v) is 28.8. The molecule has 5 rings (SSSR count). The van der Waals surface area contributed by atoms with Crippen molar-refractivity contribution in [1.29, 1.82) is 0 Å². The van der Waals surface area contributed by atoms with Gasteiger partial charge in [-0.05, 0) is 90.5 Å². The van der Waals surface area contributed by atoms with Crippen LogP contribution in [0.3, 0.4) is 0 Å². The topological polar surface area (TPSA) is 132 Å². The van der Waals surface area contributed by atoms with E-state index >= 15 is 4.39 Å². The average molecular weight is 684 g/mol. The summed E-state index contributed by atoms with van der Waals surface area (Å²) in [6, 6.07) is 11.2. The Kier molecular flexibility index (Phi) is 9.48. The minimum Gasteiger partial charge on any atom is -0.760 e. The van der Waals surface area contributed by atoms with Crippen molar-refractivity contribution in [3.63, 3.8) is 0 Å². The standard InChI is InChI=1S/C34H38F2N2O7SSi/c1-34(2,3)47(5,6)45-29-16-27(36)22(13-26(29)33(40)41)18-38(46(42)43)17-21-14-28-25(15-24(21)19-7-8-19)30(32(39)37-4)31(44-28)20-9-11-23(35)12-10-20/h9-16,19H,7-8,17-18H2,1-6H3,(H,37,39)(H,40,41)(H,42,43)/p-1. The van der Waals surface area contributed by atoms with Gasteiger partial charge in [-0.15, -0.1) is 0 Å². The zero-order chi connectivity index (χ0) is 34.4. The Bertz CT molecular complexity index is 1880. The highest BCUT2D eigenvalue weighted by Crippen LogP contribution is 2.45. The fourth-order valence-corrected chi connectivity index (χ4v) is 6.72. The number of nitrogens with one attached hydrogen (secondary N) is 1. The summed E-state index contributed by atoms with van der Waals surface area (Å²) in [5.41, 5.74) is 2.14. The normalized spacial score (nSPS) is 14.4. The Morgan fingerprint density at radius 2 is 1.72 bits per heavy atom. The van der Waals surface area contributed by atoms with E-state index in [1.54, 1.807) is 6.07 Å². The first kappa shape index (κ1) is 34.4. The number of hydrogen-bond donors (Lipinski definition) is 2. The number of halogens is 2. The highest BCUT2D eigenvalue weighted by molar-refractivity contribution is 7.76. The lowest BCUT2D eigenvalue weighted by molar-refractivity contribution is 0.0694. The van der Waals surface area contributed by atoms with Crippen LogP contribution in [0.5, 0.6) is 5.75 Å². The lowest BCUT2D eigenvalue weighted by Gasteiger charge is -2.37. The van der Waals surface area contributed by atoms with Gasteiger partial charge in [0.25, 0.3) is 14.2 Å². The molecule has 0 saturated heterocycles. The lowest BCUT2D eigenvalue weighted by atomic mass is 9.97. The van der Waals surface area contributed by atoms with E-state index in [4.69, 9.17) is 8.84 Å². The molecule has 13 heteroatoms. The maximum absolute atomic E-state index is 15.5. The summed E-state index contributed by atoms with van der Waals surface area (Å²) in [5.74, 6) is -2.68. The SMILES string of the molecule is CNC(=O)c1c(-c2ccc(F)cc2)oc2cc(CN(Cc3cc(C(=O)O)c(O[Si](C)(C)C(C)(C)C)cc3F)S(=O)[O-])c(C3CC3)cc12. The van der Waals surface area contributed by atoms with Gasteiger partial charge in [0.1, 0.15) is 34.3 Å². The minimum atomic E-state index is -2.82. The first-order valence-electron chi connectivity index (χ1n) is 15.2. The highest BCUT2D eigenvalue weighted by atomic mass is 32.2. The van der Waals surface area contributed by atoms with Crippen molar-refractivity contribution in [3.8, 4) is 17.1 Å². The summed E-state index contributed by atoms with van der Waals surface area (Å²) in [4.78, 5) is 25.3. The second-order valence-corrected chi connectivity index (χ2v) is 19.0. The van der Waals surface area contributed by atoms with Gasteiger partial charge >= 0.3 is 5.97 Å². The number of carboxylic acids is 1. The van der Waals surface area contributed by atoms with Gasteiger partial charge in [0.05, 0.1) is 5.56 Å². The van der Waals surface area contributed by atoms with Crippen LogP contribution >= 0.6 is 0 Å². The number of fused-ring (bicyclic) bond motifs is 1.